The van der Waals surface area contributed by atoms with Gasteiger partial charge in [0, 0.05) is 32.7 Å². The number of allylic oxidation sites excluding steroid dienone is 3. The van der Waals surface area contributed by atoms with Crippen LogP contribution in [0.5, 0.6) is 0 Å². The third kappa shape index (κ3) is 11.9. The summed E-state index contributed by atoms with van der Waals surface area (Å²) >= 11 is 0. The molecule has 1 nitrogen and oxygen atoms in total. The summed E-state index contributed by atoms with van der Waals surface area (Å²) in [6.45, 7) is 5.76. The minimum atomic E-state index is 0. The molecule has 1 radical (unpaired) electrons. The van der Waals surface area contributed by atoms with Gasteiger partial charge in [-0.05, 0) is 6.54 Å². The molecule has 0 unspecified atom stereocenters. The summed E-state index contributed by atoms with van der Waals surface area (Å²) in [4.78, 5) is 0. The molecule has 0 atom stereocenters. The Kier molecular flexibility index (Phi) is 15.4. The van der Waals surface area contributed by atoms with E-state index in [9.17, 15) is 0 Å². The molecule has 0 saturated heterocycles. The molecule has 0 fully saturated rings. The predicted molar refractivity (Wildman–Crippen MR) is 35.0 cm³/mol. The standard InChI is InChI=1S/C7H11N.Y/c1-2-3-4-5-6-7-8;/h1-3H,5-8H2;/q-2;. The maximum Gasteiger partial charge on any atom is 0 e. The van der Waals surface area contributed by atoms with E-state index in [2.05, 4.69) is 6.08 Å². The van der Waals surface area contributed by atoms with Crippen molar-refractivity contribution in [1.82, 2.24) is 0 Å². The van der Waals surface area contributed by atoms with Crippen LogP contribution in [0.25, 0.3) is 0 Å². The van der Waals surface area contributed by atoms with E-state index in [1.165, 1.54) is 6.08 Å². The summed E-state index contributed by atoms with van der Waals surface area (Å²) in [6.07, 6.45) is 8.02. The molecule has 49 valence electrons. The maximum absolute atomic E-state index is 5.22. The fourth-order valence-corrected chi connectivity index (χ4v) is 0.355. The zero-order valence-electron chi connectivity index (χ0n) is 5.51. The Labute approximate surface area is 82.3 Å². The molecule has 0 aliphatic heterocycles. The van der Waals surface area contributed by atoms with Crippen molar-refractivity contribution in [3.05, 3.63) is 24.8 Å². The van der Waals surface area contributed by atoms with Gasteiger partial charge in [0.25, 0.3) is 0 Å². The van der Waals surface area contributed by atoms with E-state index in [4.69, 9.17) is 12.3 Å². The normalized spacial score (nSPS) is 9.00. The van der Waals surface area contributed by atoms with E-state index >= 15 is 0 Å². The maximum atomic E-state index is 5.22. The third-order valence-corrected chi connectivity index (χ3v) is 0.739. The van der Waals surface area contributed by atoms with Crippen LogP contribution in [0.15, 0.2) is 12.2 Å². The van der Waals surface area contributed by atoms with Crippen LogP contribution >= 0.6 is 0 Å². The van der Waals surface area contributed by atoms with Crippen LogP contribution in [0.4, 0.5) is 0 Å². The van der Waals surface area contributed by atoms with Crippen molar-refractivity contribution in [2.24, 2.45) is 5.73 Å². The molecule has 0 amide bonds. The summed E-state index contributed by atoms with van der Waals surface area (Å²) in [5.74, 6) is 0. The van der Waals surface area contributed by atoms with E-state index in [0.29, 0.717) is 0 Å². The van der Waals surface area contributed by atoms with Crippen LogP contribution in [0, 0.1) is 12.7 Å². The second-order valence-electron chi connectivity index (χ2n) is 1.46. The second kappa shape index (κ2) is 11.4. The molecule has 0 saturated carbocycles. The quantitative estimate of drug-likeness (QED) is 0.408. The molecule has 0 aromatic heterocycles. The van der Waals surface area contributed by atoms with Gasteiger partial charge in [-0.3, -0.25) is 0 Å². The number of hydrogen-bond donors (Lipinski definition) is 1. The fraction of sp³-hybridized carbons (Fsp3) is 0.429. The molecule has 2 heteroatoms. The first-order chi connectivity index (χ1) is 3.91. The molecule has 0 bridgehead atoms. The zero-order valence-corrected chi connectivity index (χ0v) is 8.35. The first kappa shape index (κ1) is 12.2. The number of hydrogen-bond acceptors (Lipinski definition) is 1. The van der Waals surface area contributed by atoms with Crippen molar-refractivity contribution >= 4 is 0 Å². The molecule has 0 aliphatic carbocycles. The van der Waals surface area contributed by atoms with Crippen LogP contribution < -0.4 is 5.73 Å². The minimum absolute atomic E-state index is 0. The number of rotatable bonds is 4. The van der Waals surface area contributed by atoms with Gasteiger partial charge in [-0.1, -0.05) is 6.42 Å². The topological polar surface area (TPSA) is 26.0 Å². The largest absolute Gasteiger partial charge is 0.394 e. The van der Waals surface area contributed by atoms with Gasteiger partial charge in [0.15, 0.2) is 0 Å². The number of nitrogens with two attached hydrogens (primary N) is 1. The molecule has 0 spiro atoms. The third-order valence-electron chi connectivity index (χ3n) is 0.739. The summed E-state index contributed by atoms with van der Waals surface area (Å²) in [7, 11) is 0. The van der Waals surface area contributed by atoms with Crippen molar-refractivity contribution in [3.8, 4) is 0 Å². The Hall–Kier alpha value is 0.544. The van der Waals surface area contributed by atoms with Crippen LogP contribution in [0.2, 0.25) is 0 Å². The van der Waals surface area contributed by atoms with E-state index in [0.717, 1.165) is 19.4 Å². The summed E-state index contributed by atoms with van der Waals surface area (Å²) in [6, 6.07) is 0. The Morgan fingerprint density at radius 3 is 2.67 bits per heavy atom. The first-order valence-corrected chi connectivity index (χ1v) is 2.72. The second-order valence-corrected chi connectivity index (χ2v) is 1.46. The van der Waals surface area contributed by atoms with Gasteiger partial charge < -0.3 is 30.5 Å². The number of unbranched alkanes of at least 4 members (excludes halogenated alkanes) is 1. The minimum Gasteiger partial charge on any atom is -0.394 e. The Balaban J connectivity index is 0. The van der Waals surface area contributed by atoms with E-state index in [1.807, 2.05) is 0 Å². The molecule has 0 aromatic rings. The molecule has 2 N–H and O–H groups in total. The van der Waals surface area contributed by atoms with Crippen molar-refractivity contribution in [3.63, 3.8) is 0 Å². The predicted octanol–water partition coefficient (Wildman–Crippen LogP) is 1.07. The molecular weight excluding hydrogens is 187 g/mol. The van der Waals surface area contributed by atoms with Crippen LogP contribution in [0.1, 0.15) is 12.8 Å². The van der Waals surface area contributed by atoms with Crippen LogP contribution in [-0.4, -0.2) is 6.54 Å². The van der Waals surface area contributed by atoms with Gasteiger partial charge >= 0.3 is 0 Å². The van der Waals surface area contributed by atoms with Gasteiger partial charge in [-0.15, -0.1) is 6.42 Å². The van der Waals surface area contributed by atoms with E-state index in [-0.39, 0.29) is 32.7 Å². The smallest absolute Gasteiger partial charge is 0 e. The van der Waals surface area contributed by atoms with Gasteiger partial charge in [0.2, 0.25) is 0 Å². The zero-order chi connectivity index (χ0) is 6.24. The summed E-state index contributed by atoms with van der Waals surface area (Å²) in [5.41, 5.74) is 5.22. The Morgan fingerprint density at radius 2 is 2.22 bits per heavy atom. The molecular formula is C7H11NY-2. The molecule has 0 aliphatic rings. The van der Waals surface area contributed by atoms with Crippen LogP contribution in [0.3, 0.4) is 0 Å². The average Bonchev–Trinajstić information content (AvgIpc) is 1.81. The van der Waals surface area contributed by atoms with Crippen molar-refractivity contribution in [1.29, 1.82) is 0 Å². The first-order valence-electron chi connectivity index (χ1n) is 2.72. The summed E-state index contributed by atoms with van der Waals surface area (Å²) < 4.78 is 0. The van der Waals surface area contributed by atoms with Gasteiger partial charge in [-0.2, -0.15) is 0 Å². The van der Waals surface area contributed by atoms with Crippen molar-refractivity contribution in [2.45, 2.75) is 12.8 Å². The molecule has 9 heavy (non-hydrogen) atoms. The van der Waals surface area contributed by atoms with Crippen molar-refractivity contribution in [2.75, 3.05) is 6.54 Å². The van der Waals surface area contributed by atoms with Gasteiger partial charge in [0.05, 0.1) is 0 Å². The molecule has 0 heterocycles. The fourth-order valence-electron chi connectivity index (χ4n) is 0.355. The van der Waals surface area contributed by atoms with Crippen LogP contribution in [-0.2, 0) is 32.7 Å². The monoisotopic (exact) mass is 198 g/mol. The van der Waals surface area contributed by atoms with Gasteiger partial charge in [-0.25, -0.2) is 0 Å². The Bertz CT molecular complexity index is 79.0. The summed E-state index contributed by atoms with van der Waals surface area (Å²) in [5, 5.41) is 0. The SMILES string of the molecule is [CH-]=CC=[C-]CCCN.[Y]. The van der Waals surface area contributed by atoms with E-state index in [1.54, 1.807) is 6.08 Å². The van der Waals surface area contributed by atoms with Gasteiger partial charge in [0.1, 0.15) is 0 Å². The Morgan fingerprint density at radius 1 is 1.56 bits per heavy atom. The average molecular weight is 198 g/mol. The molecule has 0 rings (SSSR count). The van der Waals surface area contributed by atoms with E-state index < -0.39 is 0 Å². The molecule has 0 aromatic carbocycles. The van der Waals surface area contributed by atoms with Crippen molar-refractivity contribution < 1.29 is 32.7 Å².